The van der Waals surface area contributed by atoms with Crippen molar-refractivity contribution in [1.82, 2.24) is 0 Å². The molecule has 4 nitrogen and oxygen atoms in total. The van der Waals surface area contributed by atoms with Crippen LogP contribution in [0.5, 0.6) is 0 Å². The van der Waals surface area contributed by atoms with Crippen LogP contribution in [0.2, 0.25) is 0 Å². The Labute approximate surface area is 194 Å². The molecule has 0 unspecified atom stereocenters. The van der Waals surface area contributed by atoms with Gasteiger partial charge in [0.15, 0.2) is 0 Å². The number of alkyl halides is 3. The molecule has 1 aliphatic rings. The Morgan fingerprint density at radius 1 is 1.00 bits per heavy atom. The molecule has 34 heavy (non-hydrogen) atoms. The number of carbonyl (C=O) groups excluding carboxylic acids is 2. The Bertz CT molecular complexity index is 1230. The van der Waals surface area contributed by atoms with Crippen molar-refractivity contribution in [3.63, 3.8) is 0 Å². The summed E-state index contributed by atoms with van der Waals surface area (Å²) >= 11 is 0. The average Bonchev–Trinajstić information content (AvgIpc) is 2.97. The van der Waals surface area contributed by atoms with Crippen molar-refractivity contribution >= 4 is 23.2 Å². The van der Waals surface area contributed by atoms with Crippen LogP contribution in [0.25, 0.3) is 11.1 Å². The van der Waals surface area contributed by atoms with E-state index in [2.05, 4.69) is 0 Å². The highest BCUT2D eigenvalue weighted by atomic mass is 19.4. The molecule has 1 heterocycles. The van der Waals surface area contributed by atoms with Gasteiger partial charge in [0, 0.05) is 19.0 Å². The molecule has 0 saturated carbocycles. The zero-order valence-electron chi connectivity index (χ0n) is 18.4. The molecule has 2 amide bonds. The highest BCUT2D eigenvalue weighted by Crippen LogP contribution is 2.39. The van der Waals surface area contributed by atoms with Crippen molar-refractivity contribution in [2.75, 3.05) is 23.4 Å². The van der Waals surface area contributed by atoms with Crippen LogP contribution < -0.4 is 9.80 Å². The van der Waals surface area contributed by atoms with E-state index in [0.717, 1.165) is 33.7 Å². The summed E-state index contributed by atoms with van der Waals surface area (Å²) in [6.45, 7) is -0.444. The van der Waals surface area contributed by atoms with E-state index >= 15 is 0 Å². The standard InChI is InChI=1S/C26H22F4N2O2/c1-31(22-14-13-19(27)15-21(22)26(28,29)30)24(34)16-32-23(33)12-6-10-18-9-5-11-20(25(18)32)17-7-3-2-4-8-17/h2-5,7-9,11,13-15H,6,10,12,16H2,1H3. The van der Waals surface area contributed by atoms with Gasteiger partial charge in [0.25, 0.3) is 0 Å². The maximum Gasteiger partial charge on any atom is 0.418 e. The van der Waals surface area contributed by atoms with Crippen molar-refractivity contribution in [1.29, 1.82) is 0 Å². The molecule has 0 atom stereocenters. The zero-order valence-corrected chi connectivity index (χ0v) is 18.4. The number of carbonyl (C=O) groups is 2. The Hall–Kier alpha value is -3.68. The number of aryl methyl sites for hydroxylation is 1. The molecule has 4 rings (SSSR count). The summed E-state index contributed by atoms with van der Waals surface area (Å²) in [4.78, 5) is 28.4. The first-order valence-electron chi connectivity index (χ1n) is 10.8. The molecule has 0 saturated heterocycles. The molecule has 0 fully saturated rings. The van der Waals surface area contributed by atoms with E-state index in [1.807, 2.05) is 48.5 Å². The van der Waals surface area contributed by atoms with Crippen LogP contribution >= 0.6 is 0 Å². The number of nitrogens with zero attached hydrogens (tertiary/aromatic N) is 2. The first-order chi connectivity index (χ1) is 16.2. The van der Waals surface area contributed by atoms with E-state index in [1.165, 1.54) is 11.9 Å². The van der Waals surface area contributed by atoms with Crippen molar-refractivity contribution < 1.29 is 27.2 Å². The van der Waals surface area contributed by atoms with Gasteiger partial charge in [0.2, 0.25) is 11.8 Å². The van der Waals surface area contributed by atoms with Crippen LogP contribution in [0, 0.1) is 5.82 Å². The Balaban J connectivity index is 1.73. The molecular weight excluding hydrogens is 448 g/mol. The minimum atomic E-state index is -4.85. The van der Waals surface area contributed by atoms with E-state index in [9.17, 15) is 27.2 Å². The second-order valence-electron chi connectivity index (χ2n) is 8.12. The molecule has 1 aliphatic heterocycles. The molecule has 8 heteroatoms. The third kappa shape index (κ3) is 4.66. The van der Waals surface area contributed by atoms with E-state index in [0.29, 0.717) is 24.6 Å². The lowest BCUT2D eigenvalue weighted by atomic mass is 9.97. The number of hydrogen-bond acceptors (Lipinski definition) is 2. The normalized spacial score (nSPS) is 13.9. The summed E-state index contributed by atoms with van der Waals surface area (Å²) in [5, 5.41) is 0. The van der Waals surface area contributed by atoms with Crippen molar-refractivity contribution in [2.45, 2.75) is 25.4 Å². The van der Waals surface area contributed by atoms with Gasteiger partial charge in [-0.05, 0) is 42.2 Å². The molecular formula is C26H22F4N2O2. The molecule has 176 valence electrons. The summed E-state index contributed by atoms with van der Waals surface area (Å²) in [5.74, 6) is -2.05. The average molecular weight is 470 g/mol. The number of hydrogen-bond donors (Lipinski definition) is 0. The highest BCUT2D eigenvalue weighted by Gasteiger charge is 2.36. The number of likely N-dealkylation sites (N-methyl/N-ethyl adjacent to an activating group) is 1. The molecule has 0 radical (unpaired) electrons. The molecule has 0 spiro atoms. The molecule has 3 aromatic rings. The summed E-state index contributed by atoms with van der Waals surface area (Å²) in [6, 6.07) is 17.2. The second-order valence-corrected chi connectivity index (χ2v) is 8.12. The maximum atomic E-state index is 13.5. The van der Waals surface area contributed by atoms with Gasteiger partial charge >= 0.3 is 6.18 Å². The number of amides is 2. The van der Waals surface area contributed by atoms with Gasteiger partial charge in [-0.15, -0.1) is 0 Å². The van der Waals surface area contributed by atoms with Gasteiger partial charge in [-0.3, -0.25) is 9.59 Å². The first-order valence-corrected chi connectivity index (χ1v) is 10.8. The number of para-hydroxylation sites is 1. The predicted octanol–water partition coefficient (Wildman–Crippen LogP) is 5.84. The van der Waals surface area contributed by atoms with Gasteiger partial charge in [0.05, 0.1) is 16.9 Å². The number of anilines is 2. The lowest BCUT2D eigenvalue weighted by molar-refractivity contribution is -0.137. The lowest BCUT2D eigenvalue weighted by Crippen LogP contribution is -2.42. The number of halogens is 4. The Morgan fingerprint density at radius 3 is 2.44 bits per heavy atom. The van der Waals surface area contributed by atoms with Crippen molar-refractivity contribution in [3.8, 4) is 11.1 Å². The van der Waals surface area contributed by atoms with Crippen LogP contribution in [-0.4, -0.2) is 25.4 Å². The molecule has 0 aliphatic carbocycles. The van der Waals surface area contributed by atoms with Crippen LogP contribution in [-0.2, 0) is 22.2 Å². The zero-order chi connectivity index (χ0) is 24.5. The maximum absolute atomic E-state index is 13.5. The quantitative estimate of drug-likeness (QED) is 0.450. The molecule has 0 bridgehead atoms. The van der Waals surface area contributed by atoms with Crippen LogP contribution in [0.1, 0.15) is 24.0 Å². The number of fused-ring (bicyclic) bond motifs is 1. The Kier molecular flexibility index (Phi) is 6.41. The second kappa shape index (κ2) is 9.29. The SMILES string of the molecule is CN(C(=O)CN1C(=O)CCCc2cccc(-c3ccccc3)c21)c1ccc(F)cc1C(F)(F)F. The van der Waals surface area contributed by atoms with Gasteiger partial charge < -0.3 is 9.80 Å². The smallest absolute Gasteiger partial charge is 0.313 e. The monoisotopic (exact) mass is 470 g/mol. The summed E-state index contributed by atoms with van der Waals surface area (Å²) < 4.78 is 54.0. The third-order valence-corrected chi connectivity index (χ3v) is 5.90. The fourth-order valence-electron chi connectivity index (χ4n) is 4.22. The fourth-order valence-corrected chi connectivity index (χ4v) is 4.22. The van der Waals surface area contributed by atoms with Crippen molar-refractivity contribution in [2.24, 2.45) is 0 Å². The van der Waals surface area contributed by atoms with E-state index in [-0.39, 0.29) is 12.3 Å². The topological polar surface area (TPSA) is 40.6 Å². The highest BCUT2D eigenvalue weighted by molar-refractivity contribution is 6.06. The lowest BCUT2D eigenvalue weighted by Gasteiger charge is -2.28. The van der Waals surface area contributed by atoms with E-state index in [1.54, 1.807) is 0 Å². The van der Waals surface area contributed by atoms with Gasteiger partial charge in [-0.1, -0.05) is 48.5 Å². The third-order valence-electron chi connectivity index (χ3n) is 5.90. The van der Waals surface area contributed by atoms with Crippen LogP contribution in [0.3, 0.4) is 0 Å². The summed E-state index contributed by atoms with van der Waals surface area (Å²) in [6.07, 6.45) is -3.40. The minimum absolute atomic E-state index is 0.213. The van der Waals surface area contributed by atoms with Gasteiger partial charge in [-0.2, -0.15) is 13.2 Å². The minimum Gasteiger partial charge on any atom is -0.313 e. The largest absolute Gasteiger partial charge is 0.418 e. The number of benzene rings is 3. The van der Waals surface area contributed by atoms with E-state index < -0.39 is 35.7 Å². The van der Waals surface area contributed by atoms with Gasteiger partial charge in [0.1, 0.15) is 12.4 Å². The number of rotatable bonds is 4. The van der Waals surface area contributed by atoms with Crippen molar-refractivity contribution in [3.05, 3.63) is 83.7 Å². The van der Waals surface area contributed by atoms with Crippen LogP contribution in [0.4, 0.5) is 28.9 Å². The van der Waals surface area contributed by atoms with Gasteiger partial charge in [-0.25, -0.2) is 4.39 Å². The van der Waals surface area contributed by atoms with E-state index in [4.69, 9.17) is 0 Å². The molecule has 3 aromatic carbocycles. The fraction of sp³-hybridized carbons (Fsp3) is 0.231. The first kappa shape index (κ1) is 23.5. The Morgan fingerprint density at radius 2 is 1.74 bits per heavy atom. The molecule has 0 N–H and O–H groups in total. The summed E-state index contributed by atoms with van der Waals surface area (Å²) in [7, 11) is 1.19. The van der Waals surface area contributed by atoms with Crippen LogP contribution in [0.15, 0.2) is 66.7 Å². The predicted molar refractivity (Wildman–Crippen MR) is 122 cm³/mol. The molecule has 0 aromatic heterocycles. The summed E-state index contributed by atoms with van der Waals surface area (Å²) in [5.41, 5.74) is 1.38.